The summed E-state index contributed by atoms with van der Waals surface area (Å²) in [5.41, 5.74) is 4.32. The van der Waals surface area contributed by atoms with E-state index in [1.165, 1.54) is 5.57 Å². The van der Waals surface area contributed by atoms with E-state index in [0.717, 1.165) is 23.1 Å². The van der Waals surface area contributed by atoms with Crippen LogP contribution in [0.25, 0.3) is 0 Å². The second-order valence-corrected chi connectivity index (χ2v) is 9.36. The summed E-state index contributed by atoms with van der Waals surface area (Å²) >= 11 is 0. The molecule has 3 unspecified atom stereocenters. The first kappa shape index (κ1) is 24.3. The quantitative estimate of drug-likeness (QED) is 0.415. The highest BCUT2D eigenvalue weighted by molar-refractivity contribution is 5.37. The number of rotatable bonds is 7. The summed E-state index contributed by atoms with van der Waals surface area (Å²) in [5, 5.41) is 19.1. The van der Waals surface area contributed by atoms with Crippen LogP contribution in [-0.4, -0.2) is 34.6 Å². The molecule has 0 radical (unpaired) electrons. The number of hydrogen-bond donors (Lipinski definition) is 2. The van der Waals surface area contributed by atoms with Gasteiger partial charge in [0.25, 0.3) is 0 Å². The summed E-state index contributed by atoms with van der Waals surface area (Å²) in [6.07, 6.45) is 21.3. The molecule has 0 aromatic carbocycles. The zero-order valence-corrected chi connectivity index (χ0v) is 19.4. The van der Waals surface area contributed by atoms with Gasteiger partial charge in [0.2, 0.25) is 0 Å². The van der Waals surface area contributed by atoms with E-state index in [-0.39, 0.29) is 29.8 Å². The molecular formula is C27H38O3. The van der Waals surface area contributed by atoms with Crippen LogP contribution < -0.4 is 0 Å². The maximum absolute atomic E-state index is 10.3. The molecule has 1 fully saturated rings. The van der Waals surface area contributed by atoms with Crippen LogP contribution in [0, 0.1) is 5.41 Å². The van der Waals surface area contributed by atoms with E-state index in [4.69, 9.17) is 9.84 Å². The fraction of sp³-hybridized carbons (Fsp3) is 0.481. The van der Waals surface area contributed by atoms with E-state index in [0.29, 0.717) is 6.42 Å². The van der Waals surface area contributed by atoms with Crippen molar-refractivity contribution in [2.75, 3.05) is 6.61 Å². The molecule has 2 aliphatic rings. The van der Waals surface area contributed by atoms with E-state index in [9.17, 15) is 5.11 Å². The molecule has 0 spiro atoms. The molecule has 1 saturated carbocycles. The third kappa shape index (κ3) is 6.53. The Labute approximate surface area is 182 Å². The van der Waals surface area contributed by atoms with Crippen molar-refractivity contribution in [2.24, 2.45) is 5.41 Å². The highest BCUT2D eigenvalue weighted by Gasteiger charge is 2.50. The van der Waals surface area contributed by atoms with Gasteiger partial charge in [-0.1, -0.05) is 79.7 Å². The molecule has 1 heterocycles. The Morgan fingerprint density at radius 2 is 1.63 bits per heavy atom. The van der Waals surface area contributed by atoms with E-state index in [2.05, 4.69) is 65.0 Å². The first-order valence-electron chi connectivity index (χ1n) is 10.8. The molecule has 30 heavy (non-hydrogen) atoms. The minimum atomic E-state index is -0.372. The average molecular weight is 411 g/mol. The molecule has 2 rings (SSSR count). The first-order chi connectivity index (χ1) is 14.1. The molecule has 2 N–H and O–H groups in total. The Bertz CT molecular complexity index is 817. The van der Waals surface area contributed by atoms with Gasteiger partial charge in [-0.25, -0.2) is 0 Å². The highest BCUT2D eigenvalue weighted by Crippen LogP contribution is 2.51. The SMILES string of the molecule is CC(/C=C/C=C(\C)C1C=C2C(C)(C)CC(O)CC2(C)O1)=C\C=C\C=C(C)\C=C\CO. The van der Waals surface area contributed by atoms with Gasteiger partial charge in [-0.3, -0.25) is 0 Å². The molecule has 3 atom stereocenters. The van der Waals surface area contributed by atoms with E-state index in [1.807, 2.05) is 31.2 Å². The Morgan fingerprint density at radius 1 is 1.00 bits per heavy atom. The van der Waals surface area contributed by atoms with Crippen molar-refractivity contribution in [3.63, 3.8) is 0 Å². The highest BCUT2D eigenvalue weighted by atomic mass is 16.5. The number of aliphatic hydroxyl groups is 2. The van der Waals surface area contributed by atoms with Crippen LogP contribution in [0.15, 0.2) is 83.1 Å². The van der Waals surface area contributed by atoms with Crippen LogP contribution in [0.2, 0.25) is 0 Å². The van der Waals surface area contributed by atoms with Gasteiger partial charge in [0.05, 0.1) is 24.4 Å². The summed E-state index contributed by atoms with van der Waals surface area (Å²) in [6.45, 7) is 12.7. The fourth-order valence-corrected chi connectivity index (χ4v) is 4.46. The largest absolute Gasteiger partial charge is 0.393 e. The maximum atomic E-state index is 10.3. The lowest BCUT2D eigenvalue weighted by molar-refractivity contribution is -0.0683. The maximum Gasteiger partial charge on any atom is 0.0982 e. The standard InChI is InChI=1S/C27H38O3/c1-20(11-7-8-12-21(2)14-10-16-28)13-9-15-22(3)24-17-25-26(4,5)18-23(29)19-27(25,6)30-24/h7-15,17,23-24,28-29H,16,18-19H2,1-6H3/b8-7+,13-9+,14-10+,20-11+,21-12+,22-15+. The summed E-state index contributed by atoms with van der Waals surface area (Å²) in [6, 6.07) is 0. The molecule has 164 valence electrons. The van der Waals surface area contributed by atoms with Crippen LogP contribution >= 0.6 is 0 Å². The number of ether oxygens (including phenoxy) is 1. The van der Waals surface area contributed by atoms with Crippen LogP contribution in [0.5, 0.6) is 0 Å². The van der Waals surface area contributed by atoms with E-state index in [1.54, 1.807) is 6.08 Å². The van der Waals surface area contributed by atoms with Crippen molar-refractivity contribution < 1.29 is 14.9 Å². The minimum absolute atomic E-state index is 0.0381. The van der Waals surface area contributed by atoms with Crippen molar-refractivity contribution in [1.82, 2.24) is 0 Å². The predicted molar refractivity (Wildman–Crippen MR) is 126 cm³/mol. The Hall–Kier alpha value is -1.94. The molecule has 1 aliphatic heterocycles. The Balaban J connectivity index is 2.00. The van der Waals surface area contributed by atoms with Gasteiger partial charge in [-0.2, -0.15) is 0 Å². The van der Waals surface area contributed by atoms with E-state index >= 15 is 0 Å². The summed E-state index contributed by atoms with van der Waals surface area (Å²) < 4.78 is 6.40. The average Bonchev–Trinajstić information content (AvgIpc) is 3.01. The molecule has 0 aromatic heterocycles. The van der Waals surface area contributed by atoms with Gasteiger partial charge < -0.3 is 14.9 Å². The second-order valence-electron chi connectivity index (χ2n) is 9.36. The zero-order valence-electron chi connectivity index (χ0n) is 19.4. The smallest absolute Gasteiger partial charge is 0.0982 e. The number of aliphatic hydroxyl groups excluding tert-OH is 2. The summed E-state index contributed by atoms with van der Waals surface area (Å²) in [7, 11) is 0. The Kier molecular flexibility index (Phi) is 8.42. The van der Waals surface area contributed by atoms with Gasteiger partial charge in [-0.05, 0) is 56.8 Å². The summed E-state index contributed by atoms with van der Waals surface area (Å²) in [4.78, 5) is 0. The predicted octanol–water partition coefficient (Wildman–Crippen LogP) is 5.75. The monoisotopic (exact) mass is 410 g/mol. The molecular weight excluding hydrogens is 372 g/mol. The number of allylic oxidation sites excluding steroid dienone is 10. The van der Waals surface area contributed by atoms with Crippen molar-refractivity contribution in [3.05, 3.63) is 83.1 Å². The zero-order chi connectivity index (χ0) is 22.4. The van der Waals surface area contributed by atoms with Crippen LogP contribution in [0.4, 0.5) is 0 Å². The molecule has 3 heteroatoms. The Morgan fingerprint density at radius 3 is 2.27 bits per heavy atom. The van der Waals surface area contributed by atoms with Gasteiger partial charge in [0, 0.05) is 6.42 Å². The van der Waals surface area contributed by atoms with Crippen LogP contribution in [0.3, 0.4) is 0 Å². The second kappa shape index (κ2) is 10.4. The fourth-order valence-electron chi connectivity index (χ4n) is 4.46. The lowest BCUT2D eigenvalue weighted by Crippen LogP contribution is -2.45. The summed E-state index contributed by atoms with van der Waals surface area (Å²) in [5.74, 6) is 0. The third-order valence-electron chi connectivity index (χ3n) is 5.86. The van der Waals surface area contributed by atoms with Crippen molar-refractivity contribution in [2.45, 2.75) is 72.2 Å². The lowest BCUT2D eigenvalue weighted by Gasteiger charge is -2.44. The topological polar surface area (TPSA) is 49.7 Å². The normalized spacial score (nSPS) is 30.5. The van der Waals surface area contributed by atoms with Crippen LogP contribution in [-0.2, 0) is 4.74 Å². The molecule has 1 aliphatic carbocycles. The van der Waals surface area contributed by atoms with Crippen molar-refractivity contribution in [1.29, 1.82) is 0 Å². The molecule has 0 amide bonds. The molecule has 3 nitrogen and oxygen atoms in total. The molecule has 0 bridgehead atoms. The van der Waals surface area contributed by atoms with Crippen molar-refractivity contribution >= 4 is 0 Å². The number of fused-ring (bicyclic) bond motifs is 1. The van der Waals surface area contributed by atoms with Crippen molar-refractivity contribution in [3.8, 4) is 0 Å². The molecule has 0 saturated heterocycles. The first-order valence-corrected chi connectivity index (χ1v) is 10.8. The van der Waals surface area contributed by atoms with Gasteiger partial charge in [0.1, 0.15) is 0 Å². The van der Waals surface area contributed by atoms with Crippen LogP contribution in [0.1, 0.15) is 54.4 Å². The van der Waals surface area contributed by atoms with Gasteiger partial charge in [0.15, 0.2) is 0 Å². The third-order valence-corrected chi connectivity index (χ3v) is 5.86. The lowest BCUT2D eigenvalue weighted by atomic mass is 9.65. The minimum Gasteiger partial charge on any atom is -0.393 e. The number of hydrogen-bond acceptors (Lipinski definition) is 3. The molecule has 0 aromatic rings. The van der Waals surface area contributed by atoms with Gasteiger partial charge >= 0.3 is 0 Å². The van der Waals surface area contributed by atoms with Gasteiger partial charge in [-0.15, -0.1) is 0 Å². The van der Waals surface area contributed by atoms with E-state index < -0.39 is 0 Å².